The predicted octanol–water partition coefficient (Wildman–Crippen LogP) is 3.78. The molecule has 94 valence electrons. The molecule has 0 aliphatic heterocycles. The van der Waals surface area contributed by atoms with Gasteiger partial charge in [-0.1, -0.05) is 38.7 Å². The first-order valence-electron chi connectivity index (χ1n) is 12.7. The van der Waals surface area contributed by atoms with E-state index >= 15 is 0 Å². The molecule has 0 N–H and O–H groups in total. The highest BCUT2D eigenvalue weighted by Crippen LogP contribution is 2.24. The Morgan fingerprint density at radius 1 is 1.17 bits per heavy atom. The fourth-order valence-corrected chi connectivity index (χ4v) is 1.54. The maximum atomic E-state index is 8.52. The number of nitrogens with zero attached hydrogens (tertiary/aromatic N) is 1. The molecule has 0 amide bonds. The molecular weight excluding hydrogens is 218 g/mol. The van der Waals surface area contributed by atoms with Gasteiger partial charge in [0.15, 0.2) is 6.17 Å². The Morgan fingerprint density at radius 3 is 2.67 bits per heavy atom. The summed E-state index contributed by atoms with van der Waals surface area (Å²) in [6.07, 6.45) is -0.915. The lowest BCUT2D eigenvalue weighted by molar-refractivity contribution is -0.661. The average molecular weight is 255 g/mol. The lowest BCUT2D eigenvalue weighted by Gasteiger charge is -2.17. The van der Waals surface area contributed by atoms with Gasteiger partial charge in [-0.2, -0.15) is 0 Å². The fourth-order valence-electron chi connectivity index (χ4n) is 1.54. The molecule has 0 spiro atoms. The van der Waals surface area contributed by atoms with Crippen molar-refractivity contribution in [3.05, 3.63) is 53.6 Å². The molecule has 18 heavy (non-hydrogen) atoms. The van der Waals surface area contributed by atoms with Crippen LogP contribution in [-0.2, 0) is 12.5 Å². The molecule has 1 aromatic heterocycles. The Balaban J connectivity index is 3.18. The first kappa shape index (κ1) is 3.69. The third-order valence-electron chi connectivity index (χ3n) is 2.49. The fraction of sp³-hybridized carbons (Fsp3) is 0.353. The van der Waals surface area contributed by atoms with Crippen LogP contribution in [0.4, 0.5) is 0 Å². The van der Waals surface area contributed by atoms with Gasteiger partial charge in [0, 0.05) is 29.5 Å². The average Bonchev–Trinajstić information content (AvgIpc) is 2.62. The molecule has 0 saturated carbocycles. The van der Waals surface area contributed by atoms with Crippen LogP contribution in [0.15, 0.2) is 42.5 Å². The zero-order valence-electron chi connectivity index (χ0n) is 25.0. The second kappa shape index (κ2) is 4.56. The van der Waals surface area contributed by atoms with Crippen molar-refractivity contribution in [3.8, 4) is 11.3 Å². The van der Waals surface area contributed by atoms with Crippen molar-refractivity contribution in [2.45, 2.75) is 32.9 Å². The normalized spacial score (nSPS) is 25.8. The van der Waals surface area contributed by atoms with Crippen LogP contribution in [0.1, 0.15) is 52.2 Å². The second-order valence-electron chi connectivity index (χ2n) is 3.97. The summed E-state index contributed by atoms with van der Waals surface area (Å²) < 4.78 is 121. The van der Waals surface area contributed by atoms with Gasteiger partial charge in [-0.05, 0) is 30.0 Å². The summed E-state index contributed by atoms with van der Waals surface area (Å²) in [5.41, 5.74) is -4.81. The van der Waals surface area contributed by atoms with Crippen molar-refractivity contribution >= 4 is 0 Å². The van der Waals surface area contributed by atoms with Crippen LogP contribution in [-0.4, -0.2) is 0 Å². The molecule has 0 radical (unpaired) electrons. The number of pyridine rings is 1. The van der Waals surface area contributed by atoms with Crippen LogP contribution >= 0.6 is 0 Å². The highest BCUT2D eigenvalue weighted by Gasteiger charge is 2.19. The largest absolute Gasteiger partial charge is 0.212 e. The van der Waals surface area contributed by atoms with Gasteiger partial charge in [-0.3, -0.25) is 0 Å². The third-order valence-corrected chi connectivity index (χ3v) is 2.49. The predicted molar refractivity (Wildman–Crippen MR) is 76.5 cm³/mol. The lowest BCUT2D eigenvalue weighted by Crippen LogP contribution is -2.33. The molecule has 0 bridgehead atoms. The number of benzene rings is 1. The van der Waals surface area contributed by atoms with Crippen molar-refractivity contribution in [1.82, 2.24) is 0 Å². The standard InChI is InChI=1S/C17H22N/c1-13-8-6-7-9-15(13)16-11-10-14(12-18(16)5)17(2,3)4/h6-12H,1-5H3/q+1/i2D3,3D3,4D3,6D,7D,8D,10D,11D,12D. The molecule has 1 nitrogen and oxygen atoms in total. The zero-order chi connectivity index (χ0) is 26.1. The van der Waals surface area contributed by atoms with Gasteiger partial charge < -0.3 is 0 Å². The van der Waals surface area contributed by atoms with Crippen molar-refractivity contribution in [2.24, 2.45) is 7.05 Å². The number of rotatable bonds is 1. The molecule has 1 heteroatoms. The van der Waals surface area contributed by atoms with E-state index in [0.717, 1.165) is 10.6 Å². The summed E-state index contributed by atoms with van der Waals surface area (Å²) in [6, 6.07) is -1.78. The van der Waals surface area contributed by atoms with E-state index in [1.165, 1.54) is 14.0 Å². The Kier molecular flexibility index (Phi) is 0.936. The van der Waals surface area contributed by atoms with Gasteiger partial charge in [0.05, 0.1) is 6.85 Å². The number of hydrogen-bond acceptors (Lipinski definition) is 0. The van der Waals surface area contributed by atoms with E-state index in [1.54, 1.807) is 0 Å². The van der Waals surface area contributed by atoms with Crippen molar-refractivity contribution in [3.63, 3.8) is 0 Å². The lowest BCUT2D eigenvalue weighted by atomic mass is 9.88. The summed E-state index contributed by atoms with van der Waals surface area (Å²) in [7, 11) is 1.17. The van der Waals surface area contributed by atoms with E-state index in [4.69, 9.17) is 20.6 Å². The summed E-state index contributed by atoms with van der Waals surface area (Å²) in [5.74, 6) is 0. The number of hydrogen-bond donors (Lipinski definition) is 0. The molecule has 2 rings (SSSR count). The number of aromatic nitrogens is 1. The quantitative estimate of drug-likeness (QED) is 0.683. The highest BCUT2D eigenvalue weighted by atomic mass is 14.9. The van der Waals surface area contributed by atoms with Gasteiger partial charge in [0.25, 0.3) is 0 Å². The molecule has 1 aromatic carbocycles. The van der Waals surface area contributed by atoms with E-state index in [9.17, 15) is 0 Å². The summed E-state index contributed by atoms with van der Waals surface area (Å²) >= 11 is 0. The summed E-state index contributed by atoms with van der Waals surface area (Å²) in [6.45, 7) is -9.70. The van der Waals surface area contributed by atoms with Gasteiger partial charge in [-0.25, -0.2) is 4.57 Å². The molecule has 2 aromatic rings. The van der Waals surface area contributed by atoms with Crippen LogP contribution in [0, 0.1) is 6.92 Å². The molecule has 1 heterocycles. The van der Waals surface area contributed by atoms with Crippen LogP contribution < -0.4 is 4.57 Å². The summed E-state index contributed by atoms with van der Waals surface area (Å²) in [4.78, 5) is 0. The molecule has 0 aliphatic carbocycles. The Labute approximate surface area is 131 Å². The van der Waals surface area contributed by atoms with Gasteiger partial charge >= 0.3 is 0 Å². The van der Waals surface area contributed by atoms with Crippen molar-refractivity contribution in [2.75, 3.05) is 0 Å². The first-order valence-corrected chi connectivity index (χ1v) is 5.22. The van der Waals surface area contributed by atoms with Gasteiger partial charge in [-0.15, -0.1) is 0 Å². The first-order chi connectivity index (χ1) is 14.6. The van der Waals surface area contributed by atoms with Crippen LogP contribution in [0.3, 0.4) is 0 Å². The van der Waals surface area contributed by atoms with Gasteiger partial charge in [0.2, 0.25) is 5.69 Å². The van der Waals surface area contributed by atoms with Crippen molar-refractivity contribution in [1.29, 1.82) is 0 Å². The van der Waals surface area contributed by atoms with Crippen LogP contribution in [0.5, 0.6) is 0 Å². The second-order valence-corrected chi connectivity index (χ2v) is 3.97. The minimum Gasteiger partial charge on any atom is -0.201 e. The molecule has 0 unspecified atom stereocenters. The van der Waals surface area contributed by atoms with E-state index in [2.05, 4.69) is 0 Å². The van der Waals surface area contributed by atoms with Gasteiger partial charge in [0.1, 0.15) is 8.42 Å². The molecule has 0 fully saturated rings. The molecular formula is C17H22N+. The van der Waals surface area contributed by atoms with E-state index in [-0.39, 0.29) is 34.9 Å². The minimum atomic E-state index is -3.71. The minimum absolute atomic E-state index is 0.0318. The maximum absolute atomic E-state index is 8.52. The Morgan fingerprint density at radius 2 is 1.94 bits per heavy atom. The molecule has 0 atom stereocenters. The zero-order valence-corrected chi connectivity index (χ0v) is 10.0. The maximum Gasteiger partial charge on any atom is 0.212 e. The van der Waals surface area contributed by atoms with E-state index in [1.807, 2.05) is 0 Å². The Bertz CT molecular complexity index is 1040. The molecule has 0 aliphatic rings. The highest BCUT2D eigenvalue weighted by molar-refractivity contribution is 5.60. The van der Waals surface area contributed by atoms with E-state index in [0.29, 0.717) is 0 Å². The SMILES string of the molecule is [2H]c1cc(-c2c([2H])c([2H])c(C(C([2H])([2H])[2H])(C([2H])([2H])[2H])C([2H])([2H])[2H])c([2H])[n+]2C)c(C)c([2H])c1[2H]. The van der Waals surface area contributed by atoms with Crippen LogP contribution in [0.2, 0.25) is 0 Å². The third kappa shape index (κ3) is 2.45. The molecule has 0 saturated heterocycles. The summed E-state index contributed by atoms with van der Waals surface area (Å²) in [5, 5.41) is 0. The van der Waals surface area contributed by atoms with Crippen molar-refractivity contribution < 1.29 is 25.1 Å². The Hall–Kier alpha value is -1.63. The topological polar surface area (TPSA) is 3.88 Å². The van der Waals surface area contributed by atoms with E-state index < -0.39 is 49.8 Å². The van der Waals surface area contributed by atoms with Crippen LogP contribution in [0.25, 0.3) is 11.3 Å². The monoisotopic (exact) mass is 255 g/mol. The smallest absolute Gasteiger partial charge is 0.201 e.